The Kier molecular flexibility index (Phi) is 4.70. The van der Waals surface area contributed by atoms with E-state index in [9.17, 15) is 24.5 Å². The van der Waals surface area contributed by atoms with Gasteiger partial charge < -0.3 is 10.2 Å². The van der Waals surface area contributed by atoms with E-state index in [1.54, 1.807) is 0 Å². The summed E-state index contributed by atoms with van der Waals surface area (Å²) in [6, 6.07) is 3.83. The van der Waals surface area contributed by atoms with Crippen LogP contribution in [0.5, 0.6) is 0 Å². The molecule has 0 unspecified atom stereocenters. The summed E-state index contributed by atoms with van der Waals surface area (Å²) in [6.07, 6.45) is 0. The molecule has 1 aromatic carbocycles. The van der Waals surface area contributed by atoms with Gasteiger partial charge in [0, 0.05) is 19.2 Å². The third-order valence-electron chi connectivity index (χ3n) is 3.36. The summed E-state index contributed by atoms with van der Waals surface area (Å²) in [4.78, 5) is 49.1. The van der Waals surface area contributed by atoms with Gasteiger partial charge in [-0.15, -0.1) is 0 Å². The largest absolute Gasteiger partial charge is 0.353 e. The van der Waals surface area contributed by atoms with Crippen LogP contribution in [0, 0.1) is 10.1 Å². The van der Waals surface area contributed by atoms with E-state index < -0.39 is 34.9 Å². The maximum Gasteiger partial charge on any atom is 0.282 e. The van der Waals surface area contributed by atoms with E-state index in [0.29, 0.717) is 13.1 Å². The number of hydrogen-bond acceptors (Lipinski definition) is 6. The summed E-state index contributed by atoms with van der Waals surface area (Å²) in [5.41, 5.74) is -0.745. The van der Waals surface area contributed by atoms with Gasteiger partial charge in [-0.25, -0.2) is 0 Å². The van der Waals surface area contributed by atoms with Crippen molar-refractivity contribution in [3.63, 3.8) is 0 Å². The minimum Gasteiger partial charge on any atom is -0.353 e. The Morgan fingerprint density at radius 1 is 1.30 bits per heavy atom. The number of hydrogen-bond donors (Lipinski definition) is 1. The minimum absolute atomic E-state index is 0.0507. The Balaban J connectivity index is 2.13. The molecule has 0 spiro atoms. The summed E-state index contributed by atoms with van der Waals surface area (Å²) >= 11 is 0. The summed E-state index contributed by atoms with van der Waals surface area (Å²) in [5, 5.41) is 13.6. The number of likely N-dealkylation sites (N-methyl/N-ethyl adjacent to an activating group) is 1. The van der Waals surface area contributed by atoms with Gasteiger partial charge in [0.1, 0.15) is 12.1 Å². The first kappa shape index (κ1) is 16.6. The molecule has 122 valence electrons. The van der Waals surface area contributed by atoms with Crippen molar-refractivity contribution >= 4 is 23.4 Å². The molecular weight excluding hydrogens is 304 g/mol. The second-order valence-corrected chi connectivity index (χ2v) is 5.31. The third kappa shape index (κ3) is 3.34. The summed E-state index contributed by atoms with van der Waals surface area (Å²) < 4.78 is 0. The van der Waals surface area contributed by atoms with Gasteiger partial charge in [-0.05, 0) is 20.2 Å². The number of benzene rings is 1. The van der Waals surface area contributed by atoms with Crippen molar-refractivity contribution in [2.45, 2.75) is 0 Å². The van der Waals surface area contributed by atoms with Crippen molar-refractivity contribution in [3.8, 4) is 0 Å². The van der Waals surface area contributed by atoms with Gasteiger partial charge in [-0.1, -0.05) is 6.07 Å². The van der Waals surface area contributed by atoms with Crippen LogP contribution in [0.4, 0.5) is 5.69 Å². The lowest BCUT2D eigenvalue weighted by atomic mass is 10.1. The van der Waals surface area contributed by atoms with Crippen molar-refractivity contribution in [2.24, 2.45) is 0 Å². The van der Waals surface area contributed by atoms with Crippen LogP contribution >= 0.6 is 0 Å². The maximum atomic E-state index is 12.3. The van der Waals surface area contributed by atoms with Gasteiger partial charge >= 0.3 is 0 Å². The summed E-state index contributed by atoms with van der Waals surface area (Å²) in [5.74, 6) is -2.01. The van der Waals surface area contributed by atoms with Crippen molar-refractivity contribution < 1.29 is 19.3 Å². The van der Waals surface area contributed by atoms with Crippen LogP contribution in [0.15, 0.2) is 18.2 Å². The van der Waals surface area contributed by atoms with Crippen LogP contribution in [-0.2, 0) is 4.79 Å². The monoisotopic (exact) mass is 320 g/mol. The highest BCUT2D eigenvalue weighted by Crippen LogP contribution is 2.30. The Morgan fingerprint density at radius 3 is 2.61 bits per heavy atom. The molecule has 0 radical (unpaired) electrons. The van der Waals surface area contributed by atoms with E-state index in [1.807, 2.05) is 19.0 Å². The molecule has 0 bridgehead atoms. The van der Waals surface area contributed by atoms with E-state index in [1.165, 1.54) is 12.1 Å². The van der Waals surface area contributed by atoms with Crippen LogP contribution < -0.4 is 5.32 Å². The number of carbonyl (C=O) groups excluding carboxylic acids is 3. The number of carbonyl (C=O) groups is 3. The Morgan fingerprint density at radius 2 is 2.00 bits per heavy atom. The van der Waals surface area contributed by atoms with Gasteiger partial charge in [-0.3, -0.25) is 29.4 Å². The van der Waals surface area contributed by atoms with E-state index >= 15 is 0 Å². The van der Waals surface area contributed by atoms with E-state index in [-0.39, 0.29) is 11.1 Å². The molecule has 9 nitrogen and oxygen atoms in total. The van der Waals surface area contributed by atoms with Crippen LogP contribution in [0.25, 0.3) is 0 Å². The molecule has 9 heteroatoms. The SMILES string of the molecule is CN(C)CCNC(=O)CN1C(=O)c2cccc([N+](=O)[O-])c2C1=O. The average molecular weight is 320 g/mol. The fourth-order valence-electron chi connectivity index (χ4n) is 2.23. The Bertz CT molecular complexity index is 686. The van der Waals surface area contributed by atoms with E-state index in [2.05, 4.69) is 5.32 Å². The van der Waals surface area contributed by atoms with E-state index in [0.717, 1.165) is 11.0 Å². The second kappa shape index (κ2) is 6.53. The van der Waals surface area contributed by atoms with Crippen molar-refractivity contribution in [2.75, 3.05) is 33.7 Å². The van der Waals surface area contributed by atoms with Crippen LogP contribution in [0.2, 0.25) is 0 Å². The Hall–Kier alpha value is -2.81. The molecule has 0 aliphatic carbocycles. The lowest BCUT2D eigenvalue weighted by molar-refractivity contribution is -0.385. The van der Waals surface area contributed by atoms with Crippen LogP contribution in [0.3, 0.4) is 0 Å². The van der Waals surface area contributed by atoms with Gasteiger partial charge in [0.25, 0.3) is 17.5 Å². The number of amides is 3. The second-order valence-electron chi connectivity index (χ2n) is 5.31. The fourth-order valence-corrected chi connectivity index (χ4v) is 2.23. The molecule has 1 aliphatic rings. The lowest BCUT2D eigenvalue weighted by Gasteiger charge is -2.14. The topological polar surface area (TPSA) is 113 Å². The predicted molar refractivity (Wildman–Crippen MR) is 80.0 cm³/mol. The summed E-state index contributed by atoms with van der Waals surface area (Å²) in [7, 11) is 3.69. The molecule has 0 atom stereocenters. The van der Waals surface area contributed by atoms with Crippen LogP contribution in [0.1, 0.15) is 20.7 Å². The predicted octanol–water partition coefficient (Wildman–Crippen LogP) is -0.131. The molecule has 0 saturated carbocycles. The average Bonchev–Trinajstić information content (AvgIpc) is 2.72. The first-order valence-corrected chi connectivity index (χ1v) is 6.88. The summed E-state index contributed by atoms with van der Waals surface area (Å²) in [6.45, 7) is 0.519. The lowest BCUT2D eigenvalue weighted by Crippen LogP contribution is -2.42. The fraction of sp³-hybridized carbons (Fsp3) is 0.357. The standard InChI is InChI=1S/C14H16N4O5/c1-16(2)7-6-15-11(19)8-17-13(20)9-4-3-5-10(18(22)23)12(9)14(17)21/h3-5H,6-8H2,1-2H3,(H,15,19). The number of fused-ring (bicyclic) bond motifs is 1. The van der Waals surface area contributed by atoms with Crippen molar-refractivity contribution in [3.05, 3.63) is 39.4 Å². The molecule has 0 fully saturated rings. The molecule has 0 saturated heterocycles. The first-order valence-electron chi connectivity index (χ1n) is 6.88. The Labute approximate surface area is 132 Å². The quantitative estimate of drug-likeness (QED) is 0.444. The molecular formula is C14H16N4O5. The number of nitro groups is 1. The van der Waals surface area contributed by atoms with Gasteiger partial charge in [0.05, 0.1) is 10.5 Å². The zero-order valence-electron chi connectivity index (χ0n) is 12.7. The van der Waals surface area contributed by atoms with Crippen molar-refractivity contribution in [1.29, 1.82) is 0 Å². The van der Waals surface area contributed by atoms with Crippen molar-refractivity contribution in [1.82, 2.24) is 15.1 Å². The highest BCUT2D eigenvalue weighted by molar-refractivity contribution is 6.24. The zero-order chi connectivity index (χ0) is 17.1. The molecule has 1 N–H and O–H groups in total. The number of nitro benzene ring substituents is 1. The number of nitrogens with zero attached hydrogens (tertiary/aromatic N) is 3. The maximum absolute atomic E-state index is 12.3. The normalized spacial score (nSPS) is 13.4. The third-order valence-corrected chi connectivity index (χ3v) is 3.36. The molecule has 1 aromatic rings. The number of nitrogens with one attached hydrogen (secondary N) is 1. The van der Waals surface area contributed by atoms with Crippen LogP contribution in [-0.4, -0.2) is 66.2 Å². The number of imide groups is 1. The van der Waals surface area contributed by atoms with Gasteiger partial charge in [0.2, 0.25) is 5.91 Å². The highest BCUT2D eigenvalue weighted by Gasteiger charge is 2.41. The molecule has 0 aromatic heterocycles. The van der Waals surface area contributed by atoms with Gasteiger partial charge in [0.15, 0.2) is 0 Å². The number of rotatable bonds is 6. The molecule has 3 amide bonds. The van der Waals surface area contributed by atoms with E-state index in [4.69, 9.17) is 0 Å². The smallest absolute Gasteiger partial charge is 0.282 e. The zero-order valence-corrected chi connectivity index (χ0v) is 12.7. The minimum atomic E-state index is -0.819. The molecule has 23 heavy (non-hydrogen) atoms. The highest BCUT2D eigenvalue weighted by atomic mass is 16.6. The molecule has 1 heterocycles. The molecule has 2 rings (SSSR count). The molecule has 1 aliphatic heterocycles. The first-order chi connectivity index (χ1) is 10.8. The van der Waals surface area contributed by atoms with Gasteiger partial charge in [-0.2, -0.15) is 0 Å².